The SMILES string of the molecule is CC12Cc3cnn(-c4ccc(F)cc4)c3C=C1CCC1C2C(O)CC2(C)C1CCC2(O)C(=O)CN1CCN(c2ccccn2)CC1. The highest BCUT2D eigenvalue weighted by Crippen LogP contribution is 2.67. The van der Waals surface area contributed by atoms with Crippen molar-refractivity contribution in [2.75, 3.05) is 37.6 Å². The van der Waals surface area contributed by atoms with E-state index in [4.69, 9.17) is 0 Å². The number of aliphatic hydroxyl groups is 2. The molecule has 0 bridgehead atoms. The zero-order valence-electron chi connectivity index (χ0n) is 26.8. The Balaban J connectivity index is 1.00. The number of anilines is 1. The molecule has 2 N–H and O–H groups in total. The lowest BCUT2D eigenvalue weighted by molar-refractivity contribution is -0.180. The molecule has 2 aromatic heterocycles. The molecule has 7 atom stereocenters. The number of hydrogen-bond donors (Lipinski definition) is 2. The molecule has 4 fully saturated rings. The first-order valence-electron chi connectivity index (χ1n) is 17.0. The fraction of sp³-hybridized carbons (Fsp3) is 0.541. The minimum absolute atomic E-state index is 0.0463. The number of halogens is 1. The van der Waals surface area contributed by atoms with E-state index < -0.39 is 17.1 Å². The predicted molar refractivity (Wildman–Crippen MR) is 174 cm³/mol. The van der Waals surface area contributed by atoms with E-state index in [0.29, 0.717) is 12.8 Å². The van der Waals surface area contributed by atoms with Crippen LogP contribution in [-0.4, -0.2) is 80.1 Å². The number of piperazine rings is 1. The number of aliphatic hydroxyl groups excluding tert-OH is 1. The van der Waals surface area contributed by atoms with E-state index in [1.54, 1.807) is 18.3 Å². The average molecular weight is 626 g/mol. The minimum Gasteiger partial charge on any atom is -0.393 e. The molecular formula is C37H44FN5O3. The van der Waals surface area contributed by atoms with Crippen molar-refractivity contribution in [1.29, 1.82) is 0 Å². The summed E-state index contributed by atoms with van der Waals surface area (Å²) in [5.74, 6) is 1.05. The van der Waals surface area contributed by atoms with Crippen LogP contribution in [-0.2, 0) is 11.2 Å². The summed E-state index contributed by atoms with van der Waals surface area (Å²) >= 11 is 0. The third kappa shape index (κ3) is 4.45. The average Bonchev–Trinajstić information content (AvgIpc) is 3.58. The van der Waals surface area contributed by atoms with Crippen LogP contribution in [0, 0.1) is 34.4 Å². The molecule has 3 heterocycles. The zero-order valence-corrected chi connectivity index (χ0v) is 26.8. The van der Waals surface area contributed by atoms with Crippen LogP contribution in [0.2, 0.25) is 0 Å². The first-order valence-corrected chi connectivity index (χ1v) is 17.0. The summed E-state index contributed by atoms with van der Waals surface area (Å²) < 4.78 is 15.5. The second-order valence-electron chi connectivity index (χ2n) is 15.0. The first-order chi connectivity index (χ1) is 22.1. The molecule has 3 saturated carbocycles. The Morgan fingerprint density at radius 1 is 1.07 bits per heavy atom. The molecule has 8 rings (SSSR count). The van der Waals surface area contributed by atoms with Gasteiger partial charge >= 0.3 is 0 Å². The van der Waals surface area contributed by atoms with E-state index in [0.717, 1.165) is 74.6 Å². The lowest BCUT2D eigenvalue weighted by Gasteiger charge is -2.60. The number of hydrogen-bond acceptors (Lipinski definition) is 7. The number of allylic oxidation sites excluding steroid dienone is 1. The van der Waals surface area contributed by atoms with Crippen LogP contribution in [0.25, 0.3) is 11.8 Å². The van der Waals surface area contributed by atoms with Gasteiger partial charge in [-0.2, -0.15) is 5.10 Å². The second-order valence-corrected chi connectivity index (χ2v) is 15.0. The fourth-order valence-electron chi connectivity index (χ4n) is 10.4. The molecule has 8 nitrogen and oxygen atoms in total. The van der Waals surface area contributed by atoms with Crippen molar-refractivity contribution in [3.8, 4) is 5.69 Å². The van der Waals surface area contributed by atoms with Crippen LogP contribution in [0.5, 0.6) is 0 Å². The van der Waals surface area contributed by atoms with E-state index in [1.807, 2.05) is 29.1 Å². The molecule has 3 aromatic rings. The molecule has 1 saturated heterocycles. The Bertz CT molecular complexity index is 1670. The number of aromatic nitrogens is 3. The molecule has 5 aliphatic rings. The number of Topliss-reactive ketones (excluding diaryl/α,β-unsaturated/α-hetero) is 1. The third-order valence-corrected chi connectivity index (χ3v) is 12.8. The molecule has 46 heavy (non-hydrogen) atoms. The number of fused-ring (bicyclic) bond motifs is 6. The number of ketones is 1. The minimum atomic E-state index is -1.44. The standard InChI is InChI=1S/C37H44FN5O3/c1-35-20-24-22-40-43(27-9-7-26(38)8-10-27)30(24)19-25(35)6-11-28-29-12-13-37(46,36(29,2)21-31(44)34(28)35)32(45)23-41-15-17-42(18-16-41)33-5-3-4-14-39-33/h3-5,7-10,14,19,22,28-29,31,34,44,46H,6,11-13,15-18,20-21,23H2,1-2H3. The van der Waals surface area contributed by atoms with E-state index in [-0.39, 0.29) is 41.3 Å². The normalized spacial score (nSPS) is 35.5. The fourth-order valence-corrected chi connectivity index (χ4v) is 10.4. The van der Waals surface area contributed by atoms with Gasteiger partial charge in [-0.05, 0) is 110 Å². The van der Waals surface area contributed by atoms with Gasteiger partial charge in [0.05, 0.1) is 30.2 Å². The van der Waals surface area contributed by atoms with Gasteiger partial charge < -0.3 is 15.1 Å². The molecule has 0 radical (unpaired) electrons. The monoisotopic (exact) mass is 625 g/mol. The summed E-state index contributed by atoms with van der Waals surface area (Å²) in [6.45, 7) is 7.72. The lowest BCUT2D eigenvalue weighted by atomic mass is 9.45. The molecule has 242 valence electrons. The predicted octanol–water partition coefficient (Wildman–Crippen LogP) is 4.68. The quantitative estimate of drug-likeness (QED) is 0.425. The topological polar surface area (TPSA) is 94.7 Å². The van der Waals surface area contributed by atoms with Crippen LogP contribution in [0.1, 0.15) is 57.2 Å². The molecule has 0 spiro atoms. The zero-order chi connectivity index (χ0) is 31.8. The number of benzene rings is 1. The summed E-state index contributed by atoms with van der Waals surface area (Å²) in [7, 11) is 0. The van der Waals surface area contributed by atoms with E-state index in [1.165, 1.54) is 17.7 Å². The van der Waals surface area contributed by atoms with Crippen molar-refractivity contribution < 1.29 is 19.4 Å². The highest BCUT2D eigenvalue weighted by molar-refractivity contribution is 5.90. The van der Waals surface area contributed by atoms with Crippen LogP contribution in [0.4, 0.5) is 10.2 Å². The maximum Gasteiger partial charge on any atom is 0.178 e. The van der Waals surface area contributed by atoms with Crippen molar-refractivity contribution in [1.82, 2.24) is 19.7 Å². The lowest BCUT2D eigenvalue weighted by Crippen LogP contribution is -2.63. The largest absolute Gasteiger partial charge is 0.393 e. The Morgan fingerprint density at radius 2 is 1.85 bits per heavy atom. The summed E-state index contributed by atoms with van der Waals surface area (Å²) in [5, 5.41) is 29.0. The smallest absolute Gasteiger partial charge is 0.178 e. The van der Waals surface area contributed by atoms with Crippen LogP contribution >= 0.6 is 0 Å². The van der Waals surface area contributed by atoms with Gasteiger partial charge in [0.1, 0.15) is 17.2 Å². The van der Waals surface area contributed by atoms with Gasteiger partial charge in [-0.3, -0.25) is 9.69 Å². The van der Waals surface area contributed by atoms with Gasteiger partial charge in [-0.1, -0.05) is 25.5 Å². The van der Waals surface area contributed by atoms with Crippen LogP contribution in [0.15, 0.2) is 60.4 Å². The van der Waals surface area contributed by atoms with Crippen molar-refractivity contribution in [3.63, 3.8) is 0 Å². The second kappa shape index (κ2) is 10.8. The van der Waals surface area contributed by atoms with Crippen molar-refractivity contribution >= 4 is 17.7 Å². The molecule has 0 amide bonds. The van der Waals surface area contributed by atoms with Crippen molar-refractivity contribution in [3.05, 3.63) is 77.5 Å². The van der Waals surface area contributed by atoms with Gasteiger partial charge in [-0.25, -0.2) is 14.1 Å². The Morgan fingerprint density at radius 3 is 2.59 bits per heavy atom. The number of rotatable bonds is 5. The number of pyridine rings is 1. The summed E-state index contributed by atoms with van der Waals surface area (Å²) in [5.41, 5.74) is 2.01. The maximum atomic E-state index is 14.0. The van der Waals surface area contributed by atoms with E-state index >= 15 is 0 Å². The number of nitrogens with zero attached hydrogens (tertiary/aromatic N) is 5. The Labute approximate surface area is 269 Å². The Hall–Kier alpha value is -3.40. The van der Waals surface area contributed by atoms with Crippen LogP contribution in [0.3, 0.4) is 0 Å². The molecule has 9 heteroatoms. The van der Waals surface area contributed by atoms with Gasteiger partial charge in [0, 0.05) is 37.8 Å². The molecular weight excluding hydrogens is 581 g/mol. The molecule has 1 aromatic carbocycles. The van der Waals surface area contributed by atoms with Gasteiger partial charge in [0.25, 0.3) is 0 Å². The van der Waals surface area contributed by atoms with Crippen LogP contribution < -0.4 is 4.90 Å². The summed E-state index contributed by atoms with van der Waals surface area (Å²) in [4.78, 5) is 22.9. The van der Waals surface area contributed by atoms with Gasteiger partial charge in [-0.15, -0.1) is 0 Å². The summed E-state index contributed by atoms with van der Waals surface area (Å²) in [6, 6.07) is 12.3. The van der Waals surface area contributed by atoms with E-state index in [9.17, 15) is 19.4 Å². The molecule has 1 aliphatic heterocycles. The number of carbonyl (C=O) groups excluding carboxylic acids is 1. The van der Waals surface area contributed by atoms with Gasteiger partial charge in [0.2, 0.25) is 0 Å². The summed E-state index contributed by atoms with van der Waals surface area (Å²) in [6.07, 6.45) is 9.70. The van der Waals surface area contributed by atoms with E-state index in [2.05, 4.69) is 39.8 Å². The highest BCUT2D eigenvalue weighted by atomic mass is 19.1. The van der Waals surface area contributed by atoms with Crippen molar-refractivity contribution in [2.45, 2.75) is 64.1 Å². The third-order valence-electron chi connectivity index (χ3n) is 12.8. The number of carbonyl (C=O) groups is 1. The Kier molecular flexibility index (Phi) is 7.05. The molecule has 4 aliphatic carbocycles. The van der Waals surface area contributed by atoms with Gasteiger partial charge in [0.15, 0.2) is 5.78 Å². The molecule has 7 unspecified atom stereocenters. The van der Waals surface area contributed by atoms with Crippen molar-refractivity contribution in [2.24, 2.45) is 28.6 Å². The maximum absolute atomic E-state index is 14.0. The first kappa shape index (κ1) is 30.0. The highest BCUT2D eigenvalue weighted by Gasteiger charge is 2.68.